The number of anilines is 1. The molecule has 12 heavy (non-hydrogen) atoms. The van der Waals surface area contributed by atoms with E-state index in [1.165, 1.54) is 0 Å². The summed E-state index contributed by atoms with van der Waals surface area (Å²) in [5.41, 5.74) is 7.18. The fourth-order valence-electron chi connectivity index (χ4n) is 1.17. The van der Waals surface area contributed by atoms with E-state index in [0.29, 0.717) is 11.5 Å². The van der Waals surface area contributed by atoms with Crippen molar-refractivity contribution in [1.82, 2.24) is 9.61 Å². The van der Waals surface area contributed by atoms with Gasteiger partial charge in [0.1, 0.15) is 5.82 Å². The number of nitrogen functional groups attached to an aromatic ring is 1. The van der Waals surface area contributed by atoms with E-state index in [9.17, 15) is 0 Å². The minimum absolute atomic E-state index is 0.0544. The molecule has 0 saturated heterocycles. The Kier molecular flexibility index (Phi) is 1.48. The molecule has 3 N–H and O–H groups in total. The van der Waals surface area contributed by atoms with Crippen LogP contribution in [-0.2, 0) is 6.61 Å². The van der Waals surface area contributed by atoms with Crippen molar-refractivity contribution >= 4 is 11.3 Å². The Bertz CT molecular complexity index is 408. The van der Waals surface area contributed by atoms with Gasteiger partial charge in [-0.2, -0.15) is 5.10 Å². The maximum atomic E-state index is 8.81. The summed E-state index contributed by atoms with van der Waals surface area (Å²) in [5, 5.41) is 12.9. The van der Waals surface area contributed by atoms with Crippen LogP contribution in [0.3, 0.4) is 0 Å². The minimum atomic E-state index is -0.0544. The highest BCUT2D eigenvalue weighted by Gasteiger charge is 2.00. The van der Waals surface area contributed by atoms with Crippen molar-refractivity contribution in [1.29, 1.82) is 0 Å². The first kappa shape index (κ1) is 7.12. The van der Waals surface area contributed by atoms with Gasteiger partial charge in [0.25, 0.3) is 0 Å². The normalized spacial score (nSPS) is 10.8. The zero-order valence-corrected chi connectivity index (χ0v) is 6.44. The Labute approximate surface area is 69.2 Å². The molecule has 0 saturated carbocycles. The zero-order chi connectivity index (χ0) is 8.55. The zero-order valence-electron chi connectivity index (χ0n) is 6.44. The molecule has 4 heteroatoms. The van der Waals surface area contributed by atoms with Crippen LogP contribution in [0.1, 0.15) is 5.69 Å². The highest BCUT2D eigenvalue weighted by molar-refractivity contribution is 5.53. The van der Waals surface area contributed by atoms with Gasteiger partial charge in [-0.25, -0.2) is 4.52 Å². The predicted molar refractivity (Wildman–Crippen MR) is 45.5 cm³/mol. The maximum Gasteiger partial charge on any atom is 0.125 e. The van der Waals surface area contributed by atoms with Crippen molar-refractivity contribution in [2.45, 2.75) is 6.61 Å². The highest BCUT2D eigenvalue weighted by Crippen LogP contribution is 2.10. The lowest BCUT2D eigenvalue weighted by atomic mass is 10.3. The van der Waals surface area contributed by atoms with Gasteiger partial charge in [0.05, 0.1) is 17.8 Å². The van der Waals surface area contributed by atoms with Crippen LogP contribution in [0.15, 0.2) is 24.3 Å². The number of aliphatic hydroxyl groups is 1. The lowest BCUT2D eigenvalue weighted by molar-refractivity contribution is 0.276. The first-order valence-corrected chi connectivity index (χ1v) is 3.65. The van der Waals surface area contributed by atoms with E-state index in [0.717, 1.165) is 5.52 Å². The third kappa shape index (κ3) is 0.931. The number of hydrogen-bond acceptors (Lipinski definition) is 3. The minimum Gasteiger partial charge on any atom is -0.390 e. The summed E-state index contributed by atoms with van der Waals surface area (Å²) in [4.78, 5) is 0. The molecule has 0 fully saturated rings. The van der Waals surface area contributed by atoms with Gasteiger partial charge in [-0.15, -0.1) is 0 Å². The largest absolute Gasteiger partial charge is 0.390 e. The molecular weight excluding hydrogens is 154 g/mol. The van der Waals surface area contributed by atoms with Crippen molar-refractivity contribution in [3.8, 4) is 0 Å². The Balaban J connectivity index is 2.74. The van der Waals surface area contributed by atoms with E-state index in [1.807, 2.05) is 12.1 Å². The number of rotatable bonds is 1. The lowest BCUT2D eigenvalue weighted by Gasteiger charge is -1.95. The van der Waals surface area contributed by atoms with E-state index in [4.69, 9.17) is 10.8 Å². The lowest BCUT2D eigenvalue weighted by Crippen LogP contribution is -1.97. The molecule has 4 nitrogen and oxygen atoms in total. The van der Waals surface area contributed by atoms with Gasteiger partial charge in [-0.05, 0) is 18.2 Å². The number of aromatic nitrogens is 2. The average molecular weight is 163 g/mol. The van der Waals surface area contributed by atoms with Gasteiger partial charge >= 0.3 is 0 Å². The third-order valence-electron chi connectivity index (χ3n) is 1.73. The molecular formula is C8H9N3O. The SMILES string of the molecule is Nc1cccc2cc(CO)nn12. The molecule has 0 bridgehead atoms. The van der Waals surface area contributed by atoms with E-state index < -0.39 is 0 Å². The summed E-state index contributed by atoms with van der Waals surface area (Å²) in [6.07, 6.45) is 0. The smallest absolute Gasteiger partial charge is 0.125 e. The number of nitrogens with zero attached hydrogens (tertiary/aromatic N) is 2. The molecule has 0 aliphatic carbocycles. The second kappa shape index (κ2) is 2.49. The van der Waals surface area contributed by atoms with Crippen molar-refractivity contribution in [3.05, 3.63) is 30.0 Å². The molecule has 62 valence electrons. The number of aliphatic hydroxyl groups excluding tert-OH is 1. The molecule has 2 aromatic rings. The predicted octanol–water partition coefficient (Wildman–Crippen LogP) is 0.409. The summed E-state index contributed by atoms with van der Waals surface area (Å²) in [6.45, 7) is -0.0544. The van der Waals surface area contributed by atoms with E-state index >= 15 is 0 Å². The van der Waals surface area contributed by atoms with Gasteiger partial charge in [-0.1, -0.05) is 6.07 Å². The number of nitrogens with two attached hydrogens (primary N) is 1. The standard InChI is InChI=1S/C8H9N3O/c9-8-3-1-2-7-4-6(5-12)10-11(7)8/h1-4,12H,5,9H2. The molecule has 0 aliphatic heterocycles. The van der Waals surface area contributed by atoms with Crippen molar-refractivity contribution in [2.24, 2.45) is 0 Å². The topological polar surface area (TPSA) is 63.5 Å². The second-order valence-electron chi connectivity index (χ2n) is 2.58. The molecule has 0 aliphatic rings. The number of fused-ring (bicyclic) bond motifs is 1. The van der Waals surface area contributed by atoms with Crippen LogP contribution < -0.4 is 5.73 Å². The van der Waals surface area contributed by atoms with Crippen LogP contribution in [0.25, 0.3) is 5.52 Å². The van der Waals surface area contributed by atoms with Crippen LogP contribution in [-0.4, -0.2) is 14.7 Å². The van der Waals surface area contributed by atoms with Gasteiger partial charge < -0.3 is 10.8 Å². The van der Waals surface area contributed by atoms with Crippen LogP contribution in [0.2, 0.25) is 0 Å². The van der Waals surface area contributed by atoms with E-state index in [-0.39, 0.29) is 6.61 Å². The van der Waals surface area contributed by atoms with Crippen LogP contribution >= 0.6 is 0 Å². The Morgan fingerprint density at radius 2 is 2.33 bits per heavy atom. The fourth-order valence-corrected chi connectivity index (χ4v) is 1.17. The molecule has 2 aromatic heterocycles. The van der Waals surface area contributed by atoms with Gasteiger partial charge in [0.2, 0.25) is 0 Å². The Morgan fingerprint density at radius 3 is 3.00 bits per heavy atom. The molecule has 0 atom stereocenters. The average Bonchev–Trinajstić information content (AvgIpc) is 2.49. The summed E-state index contributed by atoms with van der Waals surface area (Å²) in [7, 11) is 0. The summed E-state index contributed by atoms with van der Waals surface area (Å²) < 4.78 is 1.60. The van der Waals surface area contributed by atoms with Crippen molar-refractivity contribution in [2.75, 3.05) is 5.73 Å². The third-order valence-corrected chi connectivity index (χ3v) is 1.73. The van der Waals surface area contributed by atoms with Crippen molar-refractivity contribution < 1.29 is 5.11 Å². The summed E-state index contributed by atoms with van der Waals surface area (Å²) in [5.74, 6) is 0.576. The maximum absolute atomic E-state index is 8.81. The van der Waals surface area contributed by atoms with E-state index in [2.05, 4.69) is 5.10 Å². The number of hydrogen-bond donors (Lipinski definition) is 2. The van der Waals surface area contributed by atoms with E-state index in [1.54, 1.807) is 16.6 Å². The van der Waals surface area contributed by atoms with Crippen LogP contribution in [0.4, 0.5) is 5.82 Å². The van der Waals surface area contributed by atoms with Gasteiger partial charge in [0.15, 0.2) is 0 Å². The Morgan fingerprint density at radius 1 is 1.50 bits per heavy atom. The van der Waals surface area contributed by atoms with Crippen LogP contribution in [0, 0.1) is 0 Å². The van der Waals surface area contributed by atoms with Gasteiger partial charge in [-0.3, -0.25) is 0 Å². The van der Waals surface area contributed by atoms with Gasteiger partial charge in [0, 0.05) is 0 Å². The molecule has 0 radical (unpaired) electrons. The molecule has 0 unspecified atom stereocenters. The fraction of sp³-hybridized carbons (Fsp3) is 0.125. The first-order valence-electron chi connectivity index (χ1n) is 3.65. The quantitative estimate of drug-likeness (QED) is 0.640. The monoisotopic (exact) mass is 163 g/mol. The first-order chi connectivity index (χ1) is 5.81. The highest BCUT2D eigenvalue weighted by atomic mass is 16.3. The summed E-state index contributed by atoms with van der Waals surface area (Å²) in [6, 6.07) is 7.31. The molecule has 0 spiro atoms. The number of pyridine rings is 1. The second-order valence-corrected chi connectivity index (χ2v) is 2.58. The molecule has 2 rings (SSSR count). The van der Waals surface area contributed by atoms with Crippen LogP contribution in [0.5, 0.6) is 0 Å². The molecule has 2 heterocycles. The molecule has 0 aromatic carbocycles. The summed E-state index contributed by atoms with van der Waals surface area (Å²) >= 11 is 0. The van der Waals surface area contributed by atoms with Crippen molar-refractivity contribution in [3.63, 3.8) is 0 Å². The Hall–Kier alpha value is -1.55. The molecule has 0 amide bonds.